The van der Waals surface area contributed by atoms with Crippen molar-refractivity contribution < 1.29 is 18.4 Å². The Labute approximate surface area is 153 Å². The molecule has 0 aliphatic carbocycles. The molecule has 0 aliphatic rings. The number of carbonyl (C=O) groups excluding carboxylic acids is 1. The van der Waals surface area contributed by atoms with E-state index < -0.39 is 15.9 Å². The quantitative estimate of drug-likeness (QED) is 0.355. The van der Waals surface area contributed by atoms with Crippen LogP contribution in [0.4, 0.5) is 5.69 Å². The summed E-state index contributed by atoms with van der Waals surface area (Å²) >= 11 is 0. The van der Waals surface area contributed by atoms with Crippen LogP contribution < -0.4 is 10.2 Å². The van der Waals surface area contributed by atoms with Gasteiger partial charge in [0.05, 0.1) is 10.6 Å². The fourth-order valence-corrected chi connectivity index (χ4v) is 3.46. The minimum absolute atomic E-state index is 0.209. The summed E-state index contributed by atoms with van der Waals surface area (Å²) in [5, 5.41) is 8.42. The van der Waals surface area contributed by atoms with Crippen LogP contribution in [-0.2, 0) is 14.8 Å². The summed E-state index contributed by atoms with van der Waals surface area (Å²) in [6.45, 7) is 0. The third-order valence-electron chi connectivity index (χ3n) is 3.71. The van der Waals surface area contributed by atoms with Crippen LogP contribution in [0.1, 0.15) is 31.2 Å². The number of unbranched alkanes of at least 4 members (excludes halogenated alkanes) is 2. The Hall–Kier alpha value is -2.64. The Balaban J connectivity index is 1.99. The predicted octanol–water partition coefficient (Wildman–Crippen LogP) is 3.57. The minimum atomic E-state index is -3.64. The van der Waals surface area contributed by atoms with E-state index in [1.165, 1.54) is 0 Å². The van der Waals surface area contributed by atoms with Crippen molar-refractivity contribution in [2.45, 2.75) is 30.6 Å². The molecule has 2 aromatic carbocycles. The van der Waals surface area contributed by atoms with E-state index in [1.807, 2.05) is 24.3 Å². The molecule has 1 amide bonds. The van der Waals surface area contributed by atoms with Crippen LogP contribution in [0, 0.1) is 0 Å². The highest BCUT2D eigenvalue weighted by atomic mass is 32.2. The van der Waals surface area contributed by atoms with Gasteiger partial charge in [-0.05, 0) is 43.0 Å². The summed E-state index contributed by atoms with van der Waals surface area (Å²) in [5.41, 5.74) is 2.87. The molecule has 2 rings (SSSR count). The number of benzene rings is 2. The second-order valence-corrected chi connectivity index (χ2v) is 7.37. The Morgan fingerprint density at radius 3 is 2.42 bits per heavy atom. The molecule has 2 aromatic rings. The second kappa shape index (κ2) is 9.74. The zero-order valence-electron chi connectivity index (χ0n) is 14.3. The fourth-order valence-electron chi connectivity index (χ4n) is 2.35. The van der Waals surface area contributed by atoms with Crippen LogP contribution >= 0.6 is 0 Å². The molecular weight excluding hydrogens is 352 g/mol. The first-order chi connectivity index (χ1) is 12.5. The van der Waals surface area contributed by atoms with E-state index in [4.69, 9.17) is 5.21 Å². The molecule has 0 saturated heterocycles. The lowest BCUT2D eigenvalue weighted by Gasteiger charge is -2.10. The Kier molecular flexibility index (Phi) is 7.37. The molecule has 0 radical (unpaired) electrons. The number of rotatable bonds is 9. The maximum Gasteiger partial charge on any atom is 0.261 e. The molecule has 0 spiro atoms. The Morgan fingerprint density at radius 2 is 1.69 bits per heavy atom. The van der Waals surface area contributed by atoms with Gasteiger partial charge in [0, 0.05) is 6.42 Å². The van der Waals surface area contributed by atoms with Crippen molar-refractivity contribution in [1.29, 1.82) is 0 Å². The Bertz CT molecular complexity index is 849. The number of para-hydroxylation sites is 1. The van der Waals surface area contributed by atoms with Crippen molar-refractivity contribution in [2.24, 2.45) is 0 Å². The summed E-state index contributed by atoms with van der Waals surface area (Å²) in [5.74, 6) is -0.394. The summed E-state index contributed by atoms with van der Waals surface area (Å²) in [4.78, 5) is 11.1. The van der Waals surface area contributed by atoms with E-state index >= 15 is 0 Å². The first-order valence-electron chi connectivity index (χ1n) is 8.29. The zero-order valence-corrected chi connectivity index (χ0v) is 15.1. The molecule has 3 N–H and O–H groups in total. The summed E-state index contributed by atoms with van der Waals surface area (Å²) < 4.78 is 27.6. The molecule has 0 fully saturated rings. The average Bonchev–Trinajstić information content (AvgIpc) is 2.66. The van der Waals surface area contributed by atoms with Crippen molar-refractivity contribution in [3.05, 3.63) is 66.2 Å². The number of amides is 1. The van der Waals surface area contributed by atoms with Crippen LogP contribution in [0.15, 0.2) is 65.6 Å². The molecule has 26 heavy (non-hydrogen) atoms. The van der Waals surface area contributed by atoms with Gasteiger partial charge >= 0.3 is 0 Å². The lowest BCUT2D eigenvalue weighted by Crippen LogP contribution is -2.17. The molecule has 0 heterocycles. The standard InChI is InChI=1S/C19H22N2O4S/c22-19(20-23)15-7-2-1-4-10-16-11-8-9-14-18(16)21-26(24,25)17-12-5-3-6-13-17/h3-6,8-14,21,23H,1-2,7,15H2,(H,20,22)/b10-4-. The SMILES string of the molecule is O=C(CCCC/C=C\c1ccccc1NS(=O)(=O)c1ccccc1)NO. The van der Waals surface area contributed by atoms with Gasteiger partial charge in [-0.3, -0.25) is 14.7 Å². The van der Waals surface area contributed by atoms with Crippen molar-refractivity contribution in [3.8, 4) is 0 Å². The second-order valence-electron chi connectivity index (χ2n) is 5.69. The van der Waals surface area contributed by atoms with Gasteiger partial charge in [-0.15, -0.1) is 0 Å². The van der Waals surface area contributed by atoms with Gasteiger partial charge in [0.2, 0.25) is 5.91 Å². The first-order valence-corrected chi connectivity index (χ1v) is 9.77. The van der Waals surface area contributed by atoms with Gasteiger partial charge in [-0.2, -0.15) is 0 Å². The summed E-state index contributed by atoms with van der Waals surface area (Å²) in [7, 11) is -3.64. The largest absolute Gasteiger partial charge is 0.289 e. The lowest BCUT2D eigenvalue weighted by atomic mass is 10.1. The minimum Gasteiger partial charge on any atom is -0.289 e. The topological polar surface area (TPSA) is 95.5 Å². The van der Waals surface area contributed by atoms with Gasteiger partial charge in [0.15, 0.2) is 0 Å². The zero-order chi connectivity index (χ0) is 18.8. The highest BCUT2D eigenvalue weighted by molar-refractivity contribution is 7.92. The lowest BCUT2D eigenvalue weighted by molar-refractivity contribution is -0.129. The van der Waals surface area contributed by atoms with E-state index in [9.17, 15) is 13.2 Å². The third-order valence-corrected chi connectivity index (χ3v) is 5.09. The number of nitrogens with one attached hydrogen (secondary N) is 2. The van der Waals surface area contributed by atoms with E-state index in [1.54, 1.807) is 47.9 Å². The number of hydrogen-bond acceptors (Lipinski definition) is 4. The van der Waals surface area contributed by atoms with Crippen molar-refractivity contribution >= 4 is 27.7 Å². The maximum absolute atomic E-state index is 12.5. The molecule has 138 valence electrons. The molecule has 6 nitrogen and oxygen atoms in total. The van der Waals surface area contributed by atoms with Crippen LogP contribution in [0.5, 0.6) is 0 Å². The Morgan fingerprint density at radius 1 is 1.00 bits per heavy atom. The third kappa shape index (κ3) is 6.02. The average molecular weight is 374 g/mol. The van der Waals surface area contributed by atoms with E-state index in [-0.39, 0.29) is 11.3 Å². The molecule has 0 aliphatic heterocycles. The smallest absolute Gasteiger partial charge is 0.261 e. The molecule has 0 bridgehead atoms. The van der Waals surface area contributed by atoms with Crippen LogP contribution in [0.2, 0.25) is 0 Å². The normalized spacial score (nSPS) is 11.4. The molecule has 0 unspecified atom stereocenters. The number of carbonyl (C=O) groups is 1. The molecule has 0 saturated carbocycles. The van der Waals surface area contributed by atoms with Crippen molar-refractivity contribution in [1.82, 2.24) is 5.48 Å². The number of hydrogen-bond donors (Lipinski definition) is 3. The molecule has 0 aromatic heterocycles. The van der Waals surface area contributed by atoms with E-state index in [0.29, 0.717) is 12.1 Å². The maximum atomic E-state index is 12.5. The molecule has 0 atom stereocenters. The number of sulfonamides is 1. The fraction of sp³-hybridized carbons (Fsp3) is 0.211. The van der Waals surface area contributed by atoms with Gasteiger partial charge < -0.3 is 0 Å². The summed E-state index contributed by atoms with van der Waals surface area (Å²) in [6.07, 6.45) is 6.28. The van der Waals surface area contributed by atoms with Crippen molar-refractivity contribution in [3.63, 3.8) is 0 Å². The van der Waals surface area contributed by atoms with E-state index in [2.05, 4.69) is 4.72 Å². The molecule has 7 heteroatoms. The summed E-state index contributed by atoms with van der Waals surface area (Å²) in [6, 6.07) is 15.4. The monoisotopic (exact) mass is 374 g/mol. The molecular formula is C19H22N2O4S. The van der Waals surface area contributed by atoms with E-state index in [0.717, 1.165) is 18.4 Å². The van der Waals surface area contributed by atoms with Crippen LogP contribution in [0.25, 0.3) is 6.08 Å². The highest BCUT2D eigenvalue weighted by Gasteiger charge is 2.14. The van der Waals surface area contributed by atoms with Gasteiger partial charge in [0.25, 0.3) is 10.0 Å². The number of allylic oxidation sites excluding steroid dienone is 1. The van der Waals surface area contributed by atoms with Crippen LogP contribution in [0.3, 0.4) is 0 Å². The number of hydroxylamine groups is 1. The van der Waals surface area contributed by atoms with Gasteiger partial charge in [0.1, 0.15) is 0 Å². The first kappa shape index (κ1) is 19.7. The van der Waals surface area contributed by atoms with Crippen LogP contribution in [-0.4, -0.2) is 19.5 Å². The highest BCUT2D eigenvalue weighted by Crippen LogP contribution is 2.21. The van der Waals surface area contributed by atoms with Crippen molar-refractivity contribution in [2.75, 3.05) is 4.72 Å². The predicted molar refractivity (Wildman–Crippen MR) is 101 cm³/mol. The van der Waals surface area contributed by atoms with Gasteiger partial charge in [-0.25, -0.2) is 13.9 Å². The van der Waals surface area contributed by atoms with Gasteiger partial charge in [-0.1, -0.05) is 48.6 Å². The number of anilines is 1.